The van der Waals surface area contributed by atoms with Crippen LogP contribution < -0.4 is 14.8 Å². The van der Waals surface area contributed by atoms with E-state index >= 15 is 0 Å². The summed E-state index contributed by atoms with van der Waals surface area (Å²) in [6.45, 7) is 0. The van der Waals surface area contributed by atoms with Crippen LogP contribution in [0.5, 0.6) is 11.5 Å². The van der Waals surface area contributed by atoms with Gasteiger partial charge in [0.25, 0.3) is 0 Å². The Kier molecular flexibility index (Phi) is 5.02. The van der Waals surface area contributed by atoms with Crippen LogP contribution in [0.2, 0.25) is 0 Å². The van der Waals surface area contributed by atoms with E-state index in [1.165, 1.54) is 5.56 Å². The molecule has 3 heteroatoms. The summed E-state index contributed by atoms with van der Waals surface area (Å²) < 4.78 is 10.8. The standard InChI is InChI=1S/C21H21NO2/c1-23-19-14-13-17(15-20(19)24-2)21(16-9-5-3-6-10-16)22-18-11-7-4-8-12-18/h3-15,21-22H,1-2H3. The molecule has 0 amide bonds. The van der Waals surface area contributed by atoms with Crippen LogP contribution in [0.4, 0.5) is 5.69 Å². The minimum atomic E-state index is 0.0217. The van der Waals surface area contributed by atoms with E-state index < -0.39 is 0 Å². The lowest BCUT2D eigenvalue weighted by molar-refractivity contribution is 0.354. The Bertz CT molecular complexity index is 772. The Balaban J connectivity index is 2.01. The Morgan fingerprint density at radius 3 is 1.92 bits per heavy atom. The fraction of sp³-hybridized carbons (Fsp3) is 0.143. The normalized spacial score (nSPS) is 11.6. The second kappa shape index (κ2) is 7.55. The second-order valence-corrected chi connectivity index (χ2v) is 5.47. The van der Waals surface area contributed by atoms with Crippen LogP contribution in [-0.2, 0) is 0 Å². The third kappa shape index (κ3) is 3.51. The van der Waals surface area contributed by atoms with Crippen LogP contribution in [-0.4, -0.2) is 14.2 Å². The highest BCUT2D eigenvalue weighted by molar-refractivity contribution is 5.52. The predicted octanol–water partition coefficient (Wildman–Crippen LogP) is 4.91. The van der Waals surface area contributed by atoms with Gasteiger partial charge in [-0.25, -0.2) is 0 Å². The molecular formula is C21H21NO2. The van der Waals surface area contributed by atoms with Crippen LogP contribution in [0.25, 0.3) is 0 Å². The summed E-state index contributed by atoms with van der Waals surface area (Å²) >= 11 is 0. The van der Waals surface area contributed by atoms with Gasteiger partial charge in [0.15, 0.2) is 11.5 Å². The molecule has 0 aromatic heterocycles. The highest BCUT2D eigenvalue weighted by Crippen LogP contribution is 2.33. The van der Waals surface area contributed by atoms with Crippen molar-refractivity contribution >= 4 is 5.69 Å². The molecule has 1 N–H and O–H groups in total. The molecule has 3 aromatic carbocycles. The third-order valence-electron chi connectivity index (χ3n) is 3.96. The van der Waals surface area contributed by atoms with Gasteiger partial charge in [0.05, 0.1) is 20.3 Å². The number of anilines is 1. The predicted molar refractivity (Wildman–Crippen MR) is 97.9 cm³/mol. The number of rotatable bonds is 6. The van der Waals surface area contributed by atoms with Gasteiger partial charge in [0, 0.05) is 5.69 Å². The topological polar surface area (TPSA) is 30.5 Å². The molecule has 0 saturated carbocycles. The molecule has 3 nitrogen and oxygen atoms in total. The number of methoxy groups -OCH3 is 2. The zero-order chi connectivity index (χ0) is 16.8. The van der Waals surface area contributed by atoms with E-state index in [4.69, 9.17) is 9.47 Å². The van der Waals surface area contributed by atoms with Gasteiger partial charge in [-0.3, -0.25) is 0 Å². The summed E-state index contributed by atoms with van der Waals surface area (Å²) in [6, 6.07) is 26.6. The molecular weight excluding hydrogens is 298 g/mol. The Labute approximate surface area is 142 Å². The largest absolute Gasteiger partial charge is 0.493 e. The number of para-hydroxylation sites is 1. The fourth-order valence-corrected chi connectivity index (χ4v) is 2.74. The lowest BCUT2D eigenvalue weighted by Crippen LogP contribution is -2.12. The molecule has 1 unspecified atom stereocenters. The fourth-order valence-electron chi connectivity index (χ4n) is 2.74. The van der Waals surface area contributed by atoms with Gasteiger partial charge in [-0.15, -0.1) is 0 Å². The number of benzene rings is 3. The van der Waals surface area contributed by atoms with E-state index in [0.717, 1.165) is 22.7 Å². The van der Waals surface area contributed by atoms with Crippen molar-refractivity contribution < 1.29 is 9.47 Å². The summed E-state index contributed by atoms with van der Waals surface area (Å²) in [5.41, 5.74) is 3.37. The minimum absolute atomic E-state index is 0.0217. The van der Waals surface area contributed by atoms with Crippen molar-refractivity contribution in [1.82, 2.24) is 0 Å². The van der Waals surface area contributed by atoms with E-state index in [0.29, 0.717) is 0 Å². The van der Waals surface area contributed by atoms with Gasteiger partial charge in [0.1, 0.15) is 0 Å². The average Bonchev–Trinajstić information content (AvgIpc) is 2.67. The third-order valence-corrected chi connectivity index (χ3v) is 3.96. The molecule has 0 bridgehead atoms. The molecule has 0 radical (unpaired) electrons. The maximum absolute atomic E-state index is 5.46. The van der Waals surface area contributed by atoms with Crippen LogP contribution in [0.15, 0.2) is 78.9 Å². The van der Waals surface area contributed by atoms with Crippen LogP contribution in [0.3, 0.4) is 0 Å². The summed E-state index contributed by atoms with van der Waals surface area (Å²) in [6.07, 6.45) is 0. The first kappa shape index (κ1) is 15.9. The van der Waals surface area contributed by atoms with Crippen molar-refractivity contribution in [3.8, 4) is 11.5 Å². The summed E-state index contributed by atoms with van der Waals surface area (Å²) in [5.74, 6) is 1.46. The van der Waals surface area contributed by atoms with Crippen molar-refractivity contribution in [2.24, 2.45) is 0 Å². The number of hydrogen-bond acceptors (Lipinski definition) is 3. The molecule has 0 aliphatic rings. The van der Waals surface area contributed by atoms with E-state index in [9.17, 15) is 0 Å². The van der Waals surface area contributed by atoms with E-state index in [2.05, 4.69) is 47.8 Å². The molecule has 24 heavy (non-hydrogen) atoms. The molecule has 1 atom stereocenters. The highest BCUT2D eigenvalue weighted by Gasteiger charge is 2.16. The molecule has 0 aliphatic carbocycles. The Hall–Kier alpha value is -2.94. The van der Waals surface area contributed by atoms with Crippen LogP contribution in [0.1, 0.15) is 17.2 Å². The van der Waals surface area contributed by atoms with Crippen molar-refractivity contribution in [2.75, 3.05) is 19.5 Å². The zero-order valence-corrected chi connectivity index (χ0v) is 13.9. The van der Waals surface area contributed by atoms with Gasteiger partial charge in [0.2, 0.25) is 0 Å². The molecule has 3 rings (SSSR count). The van der Waals surface area contributed by atoms with Gasteiger partial charge in [-0.05, 0) is 35.4 Å². The second-order valence-electron chi connectivity index (χ2n) is 5.47. The molecule has 0 saturated heterocycles. The highest BCUT2D eigenvalue weighted by atomic mass is 16.5. The lowest BCUT2D eigenvalue weighted by atomic mass is 9.98. The van der Waals surface area contributed by atoms with Gasteiger partial charge >= 0.3 is 0 Å². The van der Waals surface area contributed by atoms with Crippen LogP contribution >= 0.6 is 0 Å². The van der Waals surface area contributed by atoms with Crippen molar-refractivity contribution in [2.45, 2.75) is 6.04 Å². The number of ether oxygens (including phenoxy) is 2. The monoisotopic (exact) mass is 319 g/mol. The maximum Gasteiger partial charge on any atom is 0.161 e. The summed E-state index contributed by atoms with van der Waals surface area (Å²) in [5, 5.41) is 3.60. The van der Waals surface area contributed by atoms with E-state index in [-0.39, 0.29) is 6.04 Å². The maximum atomic E-state index is 5.46. The number of hydrogen-bond donors (Lipinski definition) is 1. The lowest BCUT2D eigenvalue weighted by Gasteiger charge is -2.22. The SMILES string of the molecule is COc1ccc(C(Nc2ccccc2)c2ccccc2)cc1OC. The first-order valence-corrected chi connectivity index (χ1v) is 7.90. The van der Waals surface area contributed by atoms with Crippen LogP contribution in [0, 0.1) is 0 Å². The molecule has 0 heterocycles. The first-order chi connectivity index (χ1) is 11.8. The summed E-state index contributed by atoms with van der Waals surface area (Å²) in [7, 11) is 3.30. The van der Waals surface area contributed by atoms with E-state index in [1.54, 1.807) is 14.2 Å². The molecule has 122 valence electrons. The van der Waals surface area contributed by atoms with Gasteiger partial charge < -0.3 is 14.8 Å². The molecule has 0 fully saturated rings. The minimum Gasteiger partial charge on any atom is -0.493 e. The van der Waals surface area contributed by atoms with Crippen molar-refractivity contribution in [3.05, 3.63) is 90.0 Å². The van der Waals surface area contributed by atoms with Gasteiger partial charge in [-0.1, -0.05) is 54.6 Å². The molecule has 0 aliphatic heterocycles. The van der Waals surface area contributed by atoms with E-state index in [1.807, 2.05) is 36.4 Å². The zero-order valence-electron chi connectivity index (χ0n) is 13.9. The first-order valence-electron chi connectivity index (χ1n) is 7.90. The van der Waals surface area contributed by atoms with Crippen molar-refractivity contribution in [1.29, 1.82) is 0 Å². The Morgan fingerprint density at radius 2 is 1.29 bits per heavy atom. The molecule has 3 aromatic rings. The smallest absolute Gasteiger partial charge is 0.161 e. The summed E-state index contributed by atoms with van der Waals surface area (Å²) in [4.78, 5) is 0. The molecule has 0 spiro atoms. The average molecular weight is 319 g/mol. The van der Waals surface area contributed by atoms with Gasteiger partial charge in [-0.2, -0.15) is 0 Å². The Morgan fingerprint density at radius 1 is 0.667 bits per heavy atom. The quantitative estimate of drug-likeness (QED) is 0.700. The van der Waals surface area contributed by atoms with Crippen molar-refractivity contribution in [3.63, 3.8) is 0 Å². The number of nitrogens with one attached hydrogen (secondary N) is 1.